The zero-order valence-electron chi connectivity index (χ0n) is 9.21. The van der Waals surface area contributed by atoms with Gasteiger partial charge in [0.05, 0.1) is 5.02 Å². The first-order chi connectivity index (χ1) is 8.53. The van der Waals surface area contributed by atoms with Crippen LogP contribution in [0.15, 0.2) is 28.7 Å². The summed E-state index contributed by atoms with van der Waals surface area (Å²) >= 11 is 7.08. The summed E-state index contributed by atoms with van der Waals surface area (Å²) in [5.41, 5.74) is 0. The Bertz CT molecular complexity index is 643. The van der Waals surface area contributed by atoms with Gasteiger partial charge in [-0.1, -0.05) is 11.6 Å². The highest BCUT2D eigenvalue weighted by molar-refractivity contribution is 7.93. The molecule has 0 saturated heterocycles. The molecule has 0 amide bonds. The molecule has 0 aromatic carbocycles. The Morgan fingerprint density at radius 1 is 1.39 bits per heavy atom. The number of rotatable bonds is 4. The van der Waals surface area contributed by atoms with Gasteiger partial charge < -0.3 is 5.32 Å². The maximum atomic E-state index is 12.0. The van der Waals surface area contributed by atoms with E-state index in [1.807, 2.05) is 0 Å². The van der Waals surface area contributed by atoms with E-state index < -0.39 is 10.0 Å². The summed E-state index contributed by atoms with van der Waals surface area (Å²) < 4.78 is 26.3. The van der Waals surface area contributed by atoms with Gasteiger partial charge >= 0.3 is 0 Å². The molecular weight excluding hydrogens is 296 g/mol. The van der Waals surface area contributed by atoms with Gasteiger partial charge in [-0.05, 0) is 6.07 Å². The Kier molecular flexibility index (Phi) is 3.69. The number of anilines is 2. The van der Waals surface area contributed by atoms with E-state index in [1.54, 1.807) is 12.4 Å². The second-order valence-electron chi connectivity index (χ2n) is 3.19. The van der Waals surface area contributed by atoms with Crippen molar-refractivity contribution in [3.8, 4) is 0 Å². The maximum Gasteiger partial charge on any atom is 0.265 e. The first-order valence-electron chi connectivity index (χ1n) is 4.78. The lowest BCUT2D eigenvalue weighted by atomic mass is 10.4. The third-order valence-corrected chi connectivity index (χ3v) is 4.43. The Morgan fingerprint density at radius 3 is 2.72 bits per heavy atom. The molecule has 9 heteroatoms. The summed E-state index contributed by atoms with van der Waals surface area (Å²) in [5, 5.41) is 4.96. The number of hydrogen-bond donors (Lipinski definition) is 2. The number of nitrogens with one attached hydrogen (secondary N) is 2. The fraction of sp³-hybridized carbons (Fsp3) is 0.111. The van der Waals surface area contributed by atoms with Gasteiger partial charge in [0.2, 0.25) is 0 Å². The minimum atomic E-state index is -3.71. The summed E-state index contributed by atoms with van der Waals surface area (Å²) in [5.74, 6) is 0.421. The lowest BCUT2D eigenvalue weighted by Gasteiger charge is -2.07. The Labute approximate surface area is 113 Å². The zero-order valence-corrected chi connectivity index (χ0v) is 11.6. The van der Waals surface area contributed by atoms with E-state index in [-0.39, 0.29) is 9.92 Å². The molecule has 0 fully saturated rings. The van der Waals surface area contributed by atoms with Crippen LogP contribution < -0.4 is 10.0 Å². The van der Waals surface area contributed by atoms with Gasteiger partial charge in [0.15, 0.2) is 5.13 Å². The smallest absolute Gasteiger partial charge is 0.265 e. The van der Waals surface area contributed by atoms with Gasteiger partial charge in [-0.2, -0.15) is 0 Å². The van der Waals surface area contributed by atoms with E-state index in [9.17, 15) is 8.42 Å². The van der Waals surface area contributed by atoms with Gasteiger partial charge in [0.1, 0.15) is 10.7 Å². The van der Waals surface area contributed by atoms with Gasteiger partial charge in [-0.3, -0.25) is 4.72 Å². The van der Waals surface area contributed by atoms with E-state index >= 15 is 0 Å². The van der Waals surface area contributed by atoms with Gasteiger partial charge in [-0.25, -0.2) is 18.4 Å². The standard InChI is InChI=1S/C9H9ClN4O2S2/c1-11-8-7(10)4-6(5-13-8)18(15,16)14-9-12-2-3-17-9/h2-5H,1H3,(H,11,13)(H,12,14). The van der Waals surface area contributed by atoms with Crippen molar-refractivity contribution < 1.29 is 8.42 Å². The molecular formula is C9H9ClN4O2S2. The number of halogens is 1. The number of pyridine rings is 1. The summed E-state index contributed by atoms with van der Waals surface area (Å²) in [6.45, 7) is 0. The molecule has 0 unspecified atom stereocenters. The van der Waals surface area contributed by atoms with Crippen LogP contribution in [0.4, 0.5) is 10.9 Å². The molecule has 0 aliphatic carbocycles. The van der Waals surface area contributed by atoms with Crippen LogP contribution in [0.3, 0.4) is 0 Å². The quantitative estimate of drug-likeness (QED) is 0.903. The van der Waals surface area contributed by atoms with E-state index in [0.29, 0.717) is 10.9 Å². The minimum absolute atomic E-state index is 0.0123. The van der Waals surface area contributed by atoms with Crippen LogP contribution in [-0.4, -0.2) is 25.4 Å². The number of thiazole rings is 1. The molecule has 0 bridgehead atoms. The Balaban J connectivity index is 2.33. The van der Waals surface area contributed by atoms with Crippen molar-refractivity contribution in [2.45, 2.75) is 4.90 Å². The van der Waals surface area contributed by atoms with Crippen LogP contribution in [-0.2, 0) is 10.0 Å². The fourth-order valence-corrected chi connectivity index (χ4v) is 3.28. The van der Waals surface area contributed by atoms with E-state index in [0.717, 1.165) is 0 Å². The molecule has 2 aromatic heterocycles. The lowest BCUT2D eigenvalue weighted by Crippen LogP contribution is -2.13. The molecule has 0 atom stereocenters. The normalized spacial score (nSPS) is 11.2. The predicted molar refractivity (Wildman–Crippen MR) is 71.7 cm³/mol. The van der Waals surface area contributed by atoms with Crippen LogP contribution in [0, 0.1) is 0 Å². The molecule has 0 spiro atoms. The molecule has 2 aromatic rings. The SMILES string of the molecule is CNc1ncc(S(=O)(=O)Nc2nccs2)cc1Cl. The van der Waals surface area contributed by atoms with Crippen LogP contribution in [0.1, 0.15) is 0 Å². The van der Waals surface area contributed by atoms with Crippen molar-refractivity contribution in [1.82, 2.24) is 9.97 Å². The molecule has 2 N–H and O–H groups in total. The van der Waals surface area contributed by atoms with E-state index in [1.165, 1.54) is 29.8 Å². The number of aromatic nitrogens is 2. The van der Waals surface area contributed by atoms with Gasteiger partial charge in [0.25, 0.3) is 10.0 Å². The predicted octanol–water partition coefficient (Wildman–Crippen LogP) is 2.03. The fourth-order valence-electron chi connectivity index (χ4n) is 1.20. The number of hydrogen-bond acceptors (Lipinski definition) is 6. The molecule has 0 aliphatic heterocycles. The van der Waals surface area contributed by atoms with E-state index in [4.69, 9.17) is 11.6 Å². The number of nitrogens with zero attached hydrogens (tertiary/aromatic N) is 2. The molecule has 0 aliphatic rings. The van der Waals surface area contributed by atoms with Crippen molar-refractivity contribution in [1.29, 1.82) is 0 Å². The Morgan fingerprint density at radius 2 is 2.17 bits per heavy atom. The lowest BCUT2D eigenvalue weighted by molar-refractivity contribution is 0.601. The van der Waals surface area contributed by atoms with Gasteiger partial charge in [0, 0.05) is 24.8 Å². The second-order valence-corrected chi connectivity index (χ2v) is 6.18. The minimum Gasteiger partial charge on any atom is -0.372 e. The third kappa shape index (κ3) is 2.71. The average Bonchev–Trinajstić information content (AvgIpc) is 2.81. The second kappa shape index (κ2) is 5.09. The monoisotopic (exact) mass is 304 g/mol. The van der Waals surface area contributed by atoms with Crippen LogP contribution >= 0.6 is 22.9 Å². The van der Waals surface area contributed by atoms with Gasteiger partial charge in [-0.15, -0.1) is 11.3 Å². The highest BCUT2D eigenvalue weighted by Crippen LogP contribution is 2.23. The molecule has 18 heavy (non-hydrogen) atoms. The molecule has 0 saturated carbocycles. The molecule has 0 radical (unpaired) electrons. The van der Waals surface area contributed by atoms with Crippen molar-refractivity contribution in [2.24, 2.45) is 0 Å². The largest absolute Gasteiger partial charge is 0.372 e. The van der Waals surface area contributed by atoms with E-state index in [2.05, 4.69) is 20.0 Å². The summed E-state index contributed by atoms with van der Waals surface area (Å²) in [4.78, 5) is 7.75. The first kappa shape index (κ1) is 13.1. The van der Waals surface area contributed by atoms with Crippen LogP contribution in [0.2, 0.25) is 5.02 Å². The average molecular weight is 305 g/mol. The van der Waals surface area contributed by atoms with Crippen LogP contribution in [0.25, 0.3) is 0 Å². The maximum absolute atomic E-state index is 12.0. The molecule has 2 heterocycles. The molecule has 6 nitrogen and oxygen atoms in total. The molecule has 2 rings (SSSR count). The summed E-state index contributed by atoms with van der Waals surface area (Å²) in [7, 11) is -2.06. The summed E-state index contributed by atoms with van der Waals surface area (Å²) in [6, 6.07) is 1.33. The van der Waals surface area contributed by atoms with Crippen molar-refractivity contribution >= 4 is 43.9 Å². The summed E-state index contributed by atoms with van der Waals surface area (Å²) in [6.07, 6.45) is 2.74. The number of sulfonamides is 1. The topological polar surface area (TPSA) is 84.0 Å². The molecule has 96 valence electrons. The van der Waals surface area contributed by atoms with Crippen LogP contribution in [0.5, 0.6) is 0 Å². The zero-order chi connectivity index (χ0) is 13.2. The highest BCUT2D eigenvalue weighted by atomic mass is 35.5. The van der Waals surface area contributed by atoms with Crippen molar-refractivity contribution in [2.75, 3.05) is 17.1 Å². The third-order valence-electron chi connectivity index (χ3n) is 2.02. The first-order valence-corrected chi connectivity index (χ1v) is 7.52. The van der Waals surface area contributed by atoms with Crippen molar-refractivity contribution in [3.63, 3.8) is 0 Å². The highest BCUT2D eigenvalue weighted by Gasteiger charge is 2.17. The van der Waals surface area contributed by atoms with Crippen molar-refractivity contribution in [3.05, 3.63) is 28.9 Å². The Hall–Kier alpha value is -1.38.